The summed E-state index contributed by atoms with van der Waals surface area (Å²) in [6.07, 6.45) is 0. The first kappa shape index (κ1) is 29.4. The molecule has 2 N–H and O–H groups in total. The van der Waals surface area contributed by atoms with Gasteiger partial charge in [0.25, 0.3) is 0 Å². The van der Waals surface area contributed by atoms with Crippen LogP contribution in [-0.4, -0.2) is 10.2 Å². The van der Waals surface area contributed by atoms with Gasteiger partial charge in [-0.25, -0.2) is 0 Å². The van der Waals surface area contributed by atoms with Gasteiger partial charge >= 0.3 is 0 Å². The Labute approximate surface area is 256 Å². The number of hydrogen-bond acceptors (Lipinski definition) is 6. The lowest BCUT2D eigenvalue weighted by molar-refractivity contribution is 0.474. The van der Waals surface area contributed by atoms with Crippen molar-refractivity contribution in [3.8, 4) is 11.5 Å². The predicted molar refractivity (Wildman–Crippen MR) is 179 cm³/mol. The summed E-state index contributed by atoms with van der Waals surface area (Å²) >= 11 is 0. The van der Waals surface area contributed by atoms with Crippen LogP contribution in [0.5, 0.6) is 11.5 Å². The third kappa shape index (κ3) is 7.99. The lowest BCUT2D eigenvalue weighted by Crippen LogP contribution is -1.74. The third-order valence-corrected chi connectivity index (χ3v) is 6.49. The fraction of sp³-hybridized carbons (Fsp3) is 0. The molecule has 7 rings (SSSR count). The molecule has 0 aliphatic heterocycles. The van der Waals surface area contributed by atoms with Gasteiger partial charge in [0.2, 0.25) is 0 Å². The van der Waals surface area contributed by atoms with E-state index in [9.17, 15) is 10.2 Å². The maximum Gasteiger partial charge on any atom is 0.143 e. The fourth-order valence-corrected chi connectivity index (χ4v) is 4.29. The van der Waals surface area contributed by atoms with Crippen LogP contribution in [0.2, 0.25) is 0 Å². The normalized spacial score (nSPS) is 10.7. The van der Waals surface area contributed by atoms with E-state index in [1.54, 1.807) is 36.4 Å². The Morgan fingerprint density at radius 3 is 0.977 bits per heavy atom. The van der Waals surface area contributed by atoms with Crippen LogP contribution in [0.1, 0.15) is 0 Å². The van der Waals surface area contributed by atoms with Crippen LogP contribution in [0.3, 0.4) is 0 Å². The maximum atomic E-state index is 9.44. The minimum atomic E-state index is 0.0571. The second kappa shape index (κ2) is 15.2. The number of aromatic hydroxyl groups is 2. The molecule has 0 saturated heterocycles. The van der Waals surface area contributed by atoms with Crippen LogP contribution < -0.4 is 0 Å². The molecule has 0 saturated carbocycles. The highest BCUT2D eigenvalue weighted by Gasteiger charge is 2.02. The smallest absolute Gasteiger partial charge is 0.143 e. The van der Waals surface area contributed by atoms with Gasteiger partial charge in [-0.05, 0) is 47.2 Å². The van der Waals surface area contributed by atoms with Gasteiger partial charge in [0.05, 0.1) is 11.4 Å². The first-order valence-corrected chi connectivity index (χ1v) is 14.0. The Kier molecular flexibility index (Phi) is 10.1. The molecule has 0 atom stereocenters. The van der Waals surface area contributed by atoms with E-state index in [2.05, 4.69) is 56.9 Å². The summed E-state index contributed by atoms with van der Waals surface area (Å²) in [4.78, 5) is 0. The van der Waals surface area contributed by atoms with Gasteiger partial charge in [-0.2, -0.15) is 0 Å². The van der Waals surface area contributed by atoms with Crippen molar-refractivity contribution in [1.82, 2.24) is 0 Å². The second-order valence-corrected chi connectivity index (χ2v) is 9.53. The molecule has 0 bridgehead atoms. The Morgan fingerprint density at radius 1 is 0.273 bits per heavy atom. The zero-order valence-electron chi connectivity index (χ0n) is 23.8. The summed E-state index contributed by atoms with van der Waals surface area (Å²) in [5.41, 5.74) is 2.52. The van der Waals surface area contributed by atoms with E-state index in [-0.39, 0.29) is 11.5 Å². The van der Waals surface area contributed by atoms with Crippen molar-refractivity contribution < 1.29 is 10.2 Å². The summed E-state index contributed by atoms with van der Waals surface area (Å²) in [5, 5.41) is 40.1. The second-order valence-electron chi connectivity index (χ2n) is 9.53. The molecule has 7 aromatic rings. The number of rotatable bonds is 4. The number of hydrogen-bond donors (Lipinski definition) is 2. The molecule has 0 unspecified atom stereocenters. The molecule has 44 heavy (non-hydrogen) atoms. The average molecular weight is 575 g/mol. The minimum Gasteiger partial charge on any atom is -0.506 e. The highest BCUT2D eigenvalue weighted by molar-refractivity contribution is 5.93. The Morgan fingerprint density at radius 2 is 0.568 bits per heavy atom. The molecule has 0 aliphatic rings. The molecule has 0 aromatic heterocycles. The van der Waals surface area contributed by atoms with Gasteiger partial charge in [-0.15, -0.1) is 20.5 Å². The standard InChI is InChI=1S/C20H14N2.C12H10N2O2.C6H6/c1-3-11-17-15(7-1)9-5-13-19(17)21-22-20-14-6-10-16-8-2-4-12-18(16)20;15-11-7-3-1-5-9(11)13-14-10-6-2-4-8-12(10)16;1-2-4-6-5-3-1/h1-14H;1-8,15-16H;1-6H. The van der Waals surface area contributed by atoms with Crippen LogP contribution in [0.15, 0.2) is 190 Å². The third-order valence-electron chi connectivity index (χ3n) is 6.49. The van der Waals surface area contributed by atoms with Gasteiger partial charge < -0.3 is 10.2 Å². The highest BCUT2D eigenvalue weighted by atomic mass is 16.3. The zero-order chi connectivity index (χ0) is 30.4. The molecule has 7 aromatic carbocycles. The molecule has 6 nitrogen and oxygen atoms in total. The van der Waals surface area contributed by atoms with Gasteiger partial charge in [0.1, 0.15) is 22.9 Å². The van der Waals surface area contributed by atoms with Crippen LogP contribution >= 0.6 is 0 Å². The Bertz CT molecular complexity index is 1840. The number of fused-ring (bicyclic) bond motifs is 2. The molecule has 0 spiro atoms. The zero-order valence-corrected chi connectivity index (χ0v) is 23.8. The van der Waals surface area contributed by atoms with Crippen LogP contribution in [0, 0.1) is 0 Å². The predicted octanol–water partition coefficient (Wildman–Crippen LogP) is 11.6. The monoisotopic (exact) mass is 574 g/mol. The lowest BCUT2D eigenvalue weighted by Gasteiger charge is -2.02. The molecule has 0 amide bonds. The average Bonchev–Trinajstić information content (AvgIpc) is 3.09. The van der Waals surface area contributed by atoms with Gasteiger partial charge in [-0.3, -0.25) is 0 Å². The van der Waals surface area contributed by atoms with Crippen LogP contribution in [0.25, 0.3) is 21.5 Å². The molecule has 214 valence electrons. The summed E-state index contributed by atoms with van der Waals surface area (Å²) in [5.74, 6) is 0.114. The molecular weight excluding hydrogens is 544 g/mol. The number of azo groups is 2. The topological polar surface area (TPSA) is 89.9 Å². The summed E-state index contributed by atoms with van der Waals surface area (Å²) < 4.78 is 0. The number of phenolic OH excluding ortho intramolecular Hbond substituents is 2. The van der Waals surface area contributed by atoms with E-state index in [4.69, 9.17) is 0 Å². The van der Waals surface area contributed by atoms with E-state index in [0.29, 0.717) is 11.4 Å². The molecule has 6 heteroatoms. The van der Waals surface area contributed by atoms with E-state index in [1.807, 2.05) is 84.9 Å². The molecule has 0 radical (unpaired) electrons. The van der Waals surface area contributed by atoms with Crippen molar-refractivity contribution in [3.05, 3.63) is 170 Å². The Balaban J connectivity index is 0.000000152. The van der Waals surface area contributed by atoms with Crippen molar-refractivity contribution in [2.75, 3.05) is 0 Å². The van der Waals surface area contributed by atoms with Crippen molar-refractivity contribution in [2.24, 2.45) is 20.5 Å². The van der Waals surface area contributed by atoms with Crippen molar-refractivity contribution in [1.29, 1.82) is 0 Å². The van der Waals surface area contributed by atoms with Crippen LogP contribution in [0.4, 0.5) is 22.7 Å². The summed E-state index contributed by atoms with van der Waals surface area (Å²) in [6, 6.07) is 53.9. The Hall–Kier alpha value is -6.14. The summed E-state index contributed by atoms with van der Waals surface area (Å²) in [6.45, 7) is 0. The molecular formula is C38H30N4O2. The fourth-order valence-electron chi connectivity index (χ4n) is 4.29. The first-order chi connectivity index (χ1) is 21.7. The first-order valence-electron chi connectivity index (χ1n) is 14.0. The number of phenols is 2. The van der Waals surface area contributed by atoms with E-state index in [1.165, 1.54) is 22.9 Å². The number of para-hydroxylation sites is 2. The van der Waals surface area contributed by atoms with Crippen molar-refractivity contribution >= 4 is 44.3 Å². The molecule has 0 fully saturated rings. The number of benzene rings is 7. The minimum absolute atomic E-state index is 0.0571. The maximum absolute atomic E-state index is 9.44. The van der Waals surface area contributed by atoms with E-state index in [0.717, 1.165) is 22.1 Å². The van der Waals surface area contributed by atoms with Gasteiger partial charge in [0.15, 0.2) is 0 Å². The highest BCUT2D eigenvalue weighted by Crippen LogP contribution is 2.32. The van der Waals surface area contributed by atoms with Gasteiger partial charge in [-0.1, -0.05) is 133 Å². The summed E-state index contributed by atoms with van der Waals surface area (Å²) in [7, 11) is 0. The lowest BCUT2D eigenvalue weighted by atomic mass is 10.1. The van der Waals surface area contributed by atoms with Crippen molar-refractivity contribution in [2.45, 2.75) is 0 Å². The number of nitrogens with zero attached hydrogens (tertiary/aromatic N) is 4. The van der Waals surface area contributed by atoms with E-state index < -0.39 is 0 Å². The molecule has 0 aliphatic carbocycles. The van der Waals surface area contributed by atoms with Gasteiger partial charge in [0, 0.05) is 10.8 Å². The molecule has 0 heterocycles. The largest absolute Gasteiger partial charge is 0.506 e. The van der Waals surface area contributed by atoms with E-state index >= 15 is 0 Å². The van der Waals surface area contributed by atoms with Crippen molar-refractivity contribution in [3.63, 3.8) is 0 Å². The van der Waals surface area contributed by atoms with Crippen LogP contribution in [-0.2, 0) is 0 Å². The quantitative estimate of drug-likeness (QED) is 0.205. The SMILES string of the molecule is Oc1ccccc1N=Nc1ccccc1O.c1ccc2c(N=Nc3cccc4ccccc34)cccc2c1.c1ccccc1.